The van der Waals surface area contributed by atoms with Gasteiger partial charge in [-0.1, -0.05) is 18.2 Å². The Bertz CT molecular complexity index is 745. The van der Waals surface area contributed by atoms with E-state index in [4.69, 9.17) is 4.74 Å². The Morgan fingerprint density at radius 3 is 3.18 bits per heavy atom. The molecular formula is C15H16N6O. The fourth-order valence-corrected chi connectivity index (χ4v) is 2.84. The third kappa shape index (κ3) is 2.50. The molecule has 1 aliphatic rings. The van der Waals surface area contributed by atoms with Crippen molar-refractivity contribution in [3.05, 3.63) is 48.0 Å². The number of aromatic nitrogens is 6. The molecule has 1 aliphatic heterocycles. The van der Waals surface area contributed by atoms with Gasteiger partial charge < -0.3 is 9.30 Å². The minimum atomic E-state index is 0.399. The molecule has 1 atom stereocenters. The topological polar surface area (TPSA) is 81.5 Å². The zero-order chi connectivity index (χ0) is 14.8. The molecule has 1 N–H and O–H groups in total. The molecule has 0 spiro atoms. The molecule has 1 unspecified atom stereocenters. The van der Waals surface area contributed by atoms with Crippen LogP contribution in [0.1, 0.15) is 23.7 Å². The molecule has 0 bridgehead atoms. The first-order valence-corrected chi connectivity index (χ1v) is 7.32. The zero-order valence-corrected chi connectivity index (χ0v) is 12.0. The van der Waals surface area contributed by atoms with Gasteiger partial charge in [0.1, 0.15) is 5.82 Å². The van der Waals surface area contributed by atoms with Crippen LogP contribution in [0.5, 0.6) is 0 Å². The lowest BCUT2D eigenvalue weighted by atomic mass is 10.1. The summed E-state index contributed by atoms with van der Waals surface area (Å²) in [6.45, 7) is 2.36. The van der Waals surface area contributed by atoms with E-state index in [-0.39, 0.29) is 0 Å². The first-order valence-electron chi connectivity index (χ1n) is 7.32. The highest BCUT2D eigenvalue weighted by molar-refractivity contribution is 5.54. The van der Waals surface area contributed by atoms with Crippen LogP contribution in [0.15, 0.2) is 36.7 Å². The number of benzene rings is 1. The summed E-state index contributed by atoms with van der Waals surface area (Å²) in [6, 6.07) is 8.17. The highest BCUT2D eigenvalue weighted by Gasteiger charge is 2.22. The molecule has 112 valence electrons. The van der Waals surface area contributed by atoms with Gasteiger partial charge >= 0.3 is 0 Å². The van der Waals surface area contributed by atoms with Crippen molar-refractivity contribution in [1.29, 1.82) is 0 Å². The number of hydrogen-bond donors (Lipinski definition) is 1. The Morgan fingerprint density at radius 1 is 1.36 bits per heavy atom. The van der Waals surface area contributed by atoms with E-state index in [0.717, 1.165) is 37.6 Å². The molecule has 22 heavy (non-hydrogen) atoms. The van der Waals surface area contributed by atoms with Gasteiger partial charge in [-0.05, 0) is 23.3 Å². The van der Waals surface area contributed by atoms with E-state index >= 15 is 0 Å². The van der Waals surface area contributed by atoms with Gasteiger partial charge in [0.05, 0.1) is 6.61 Å². The maximum absolute atomic E-state index is 5.47. The molecule has 0 saturated carbocycles. The summed E-state index contributed by atoms with van der Waals surface area (Å²) in [6.07, 6.45) is 4.92. The van der Waals surface area contributed by atoms with Crippen molar-refractivity contribution in [2.45, 2.75) is 18.9 Å². The van der Waals surface area contributed by atoms with E-state index in [2.05, 4.69) is 42.3 Å². The molecule has 7 nitrogen and oxygen atoms in total. The average molecular weight is 296 g/mol. The van der Waals surface area contributed by atoms with Crippen LogP contribution < -0.4 is 0 Å². The monoisotopic (exact) mass is 296 g/mol. The van der Waals surface area contributed by atoms with Crippen LogP contribution in [0.3, 0.4) is 0 Å². The molecule has 4 rings (SSSR count). The van der Waals surface area contributed by atoms with Gasteiger partial charge in [-0.25, -0.2) is 4.98 Å². The standard InChI is InChI=1S/C15H16N6O/c1-2-11(8-12(3-1)14-17-19-20-18-14)9-21-6-5-16-15(21)13-4-7-22-10-13/h1-3,5-6,8,13H,4,7,9-10H2,(H,17,18,19,20). The first kappa shape index (κ1) is 13.1. The van der Waals surface area contributed by atoms with Crippen LogP contribution >= 0.6 is 0 Å². The molecule has 1 fully saturated rings. The van der Waals surface area contributed by atoms with Gasteiger partial charge in [-0.3, -0.25) is 0 Å². The number of nitrogens with zero attached hydrogens (tertiary/aromatic N) is 5. The van der Waals surface area contributed by atoms with Crippen LogP contribution in [0, 0.1) is 0 Å². The van der Waals surface area contributed by atoms with Crippen molar-refractivity contribution in [3.63, 3.8) is 0 Å². The molecule has 0 amide bonds. The molecule has 3 aromatic rings. The van der Waals surface area contributed by atoms with Crippen LogP contribution in [0.2, 0.25) is 0 Å². The molecule has 1 saturated heterocycles. The smallest absolute Gasteiger partial charge is 0.204 e. The zero-order valence-electron chi connectivity index (χ0n) is 12.0. The third-order valence-electron chi connectivity index (χ3n) is 3.93. The predicted molar refractivity (Wildman–Crippen MR) is 79.1 cm³/mol. The minimum Gasteiger partial charge on any atom is -0.381 e. The van der Waals surface area contributed by atoms with Crippen molar-refractivity contribution >= 4 is 0 Å². The number of H-pyrrole nitrogens is 1. The number of tetrazole rings is 1. The van der Waals surface area contributed by atoms with E-state index in [0.29, 0.717) is 11.7 Å². The number of ether oxygens (including phenoxy) is 1. The fourth-order valence-electron chi connectivity index (χ4n) is 2.84. The maximum Gasteiger partial charge on any atom is 0.204 e. The van der Waals surface area contributed by atoms with Crippen LogP contribution in [0.4, 0.5) is 0 Å². The number of nitrogens with one attached hydrogen (secondary N) is 1. The van der Waals surface area contributed by atoms with Gasteiger partial charge in [-0.15, -0.1) is 10.2 Å². The fraction of sp³-hybridized carbons (Fsp3) is 0.333. The Morgan fingerprint density at radius 2 is 2.36 bits per heavy atom. The van der Waals surface area contributed by atoms with Crippen LogP contribution in [-0.2, 0) is 11.3 Å². The van der Waals surface area contributed by atoms with E-state index in [1.165, 1.54) is 5.56 Å². The molecular weight excluding hydrogens is 280 g/mol. The van der Waals surface area contributed by atoms with Gasteiger partial charge in [0.25, 0.3) is 0 Å². The molecule has 0 aliphatic carbocycles. The minimum absolute atomic E-state index is 0.399. The lowest BCUT2D eigenvalue weighted by Gasteiger charge is -2.12. The summed E-state index contributed by atoms with van der Waals surface area (Å²) in [5.74, 6) is 2.11. The SMILES string of the molecule is c1cc(Cn2ccnc2C2CCOC2)cc(-c2nn[nH]n2)c1. The summed E-state index contributed by atoms with van der Waals surface area (Å²) in [5.41, 5.74) is 2.14. The molecule has 0 radical (unpaired) electrons. The molecule has 2 aromatic heterocycles. The van der Waals surface area contributed by atoms with E-state index < -0.39 is 0 Å². The summed E-state index contributed by atoms with van der Waals surface area (Å²) >= 11 is 0. The lowest BCUT2D eigenvalue weighted by Crippen LogP contribution is -2.09. The maximum atomic E-state index is 5.47. The highest BCUT2D eigenvalue weighted by atomic mass is 16.5. The molecule has 7 heteroatoms. The van der Waals surface area contributed by atoms with Gasteiger partial charge in [0.15, 0.2) is 0 Å². The van der Waals surface area contributed by atoms with Crippen molar-refractivity contribution in [3.8, 4) is 11.4 Å². The predicted octanol–water partition coefficient (Wildman–Crippen LogP) is 1.62. The Balaban J connectivity index is 1.59. The van der Waals surface area contributed by atoms with Crippen molar-refractivity contribution in [2.24, 2.45) is 0 Å². The van der Waals surface area contributed by atoms with Crippen molar-refractivity contribution in [2.75, 3.05) is 13.2 Å². The van der Waals surface area contributed by atoms with E-state index in [9.17, 15) is 0 Å². The first-order chi connectivity index (χ1) is 10.9. The highest BCUT2D eigenvalue weighted by Crippen LogP contribution is 2.24. The van der Waals surface area contributed by atoms with Gasteiger partial charge in [0.2, 0.25) is 5.82 Å². The second kappa shape index (κ2) is 5.69. The van der Waals surface area contributed by atoms with Crippen molar-refractivity contribution in [1.82, 2.24) is 30.2 Å². The largest absolute Gasteiger partial charge is 0.381 e. The average Bonchev–Trinajstić information content (AvgIpc) is 3.29. The Kier molecular flexibility index (Phi) is 3.40. The number of rotatable bonds is 4. The summed E-state index contributed by atoms with van der Waals surface area (Å²) in [4.78, 5) is 4.51. The molecule has 3 heterocycles. The number of aromatic amines is 1. The van der Waals surface area contributed by atoms with E-state index in [1.54, 1.807) is 0 Å². The number of hydrogen-bond acceptors (Lipinski definition) is 5. The number of imidazole rings is 1. The summed E-state index contributed by atoms with van der Waals surface area (Å²) in [5, 5.41) is 14.1. The van der Waals surface area contributed by atoms with Crippen LogP contribution in [-0.4, -0.2) is 43.4 Å². The quantitative estimate of drug-likeness (QED) is 0.791. The Labute approximate surface area is 127 Å². The van der Waals surface area contributed by atoms with Crippen molar-refractivity contribution < 1.29 is 4.74 Å². The van der Waals surface area contributed by atoms with E-state index in [1.807, 2.05) is 24.5 Å². The summed E-state index contributed by atoms with van der Waals surface area (Å²) in [7, 11) is 0. The molecule has 1 aromatic carbocycles. The van der Waals surface area contributed by atoms with Gasteiger partial charge in [-0.2, -0.15) is 5.21 Å². The second-order valence-corrected chi connectivity index (χ2v) is 5.41. The normalized spacial score (nSPS) is 17.9. The second-order valence-electron chi connectivity index (χ2n) is 5.41. The van der Waals surface area contributed by atoms with Crippen LogP contribution in [0.25, 0.3) is 11.4 Å². The van der Waals surface area contributed by atoms with Gasteiger partial charge in [0, 0.05) is 37.0 Å². The summed E-state index contributed by atoms with van der Waals surface area (Å²) < 4.78 is 7.66. The Hall–Kier alpha value is -2.54. The third-order valence-corrected chi connectivity index (χ3v) is 3.93. The lowest BCUT2D eigenvalue weighted by molar-refractivity contribution is 0.192.